The molecule has 1 fully saturated rings. The standard InChI is InChI=1S/C21H24FN3O3/c1-28-15-16-5-7-17(8-6-16)21(27)25-11-9-24(10-12-25)14-20(26)23-19-4-2-3-18(22)13-19/h2-8,13H,9-12,14-15H2,1H3,(H,23,26)/p+1. The number of hydrogen-bond acceptors (Lipinski definition) is 3. The van der Waals surface area contributed by atoms with E-state index in [1.54, 1.807) is 19.2 Å². The fourth-order valence-electron chi connectivity index (χ4n) is 3.29. The van der Waals surface area contributed by atoms with Crippen molar-refractivity contribution in [3.63, 3.8) is 0 Å². The molecule has 1 aliphatic rings. The summed E-state index contributed by atoms with van der Waals surface area (Å²) in [5.41, 5.74) is 2.14. The number of methoxy groups -OCH3 is 1. The molecule has 1 heterocycles. The molecular formula is C21H25FN3O3+. The van der Waals surface area contributed by atoms with Crippen LogP contribution in [0.25, 0.3) is 0 Å². The number of hydrogen-bond donors (Lipinski definition) is 2. The van der Waals surface area contributed by atoms with Gasteiger partial charge in [0.1, 0.15) is 5.82 Å². The Morgan fingerprint density at radius 2 is 1.86 bits per heavy atom. The number of rotatable bonds is 6. The van der Waals surface area contributed by atoms with Gasteiger partial charge in [0.2, 0.25) is 0 Å². The van der Waals surface area contributed by atoms with Crippen LogP contribution >= 0.6 is 0 Å². The summed E-state index contributed by atoms with van der Waals surface area (Å²) < 4.78 is 18.3. The second-order valence-corrected chi connectivity index (χ2v) is 6.91. The maximum atomic E-state index is 13.2. The Kier molecular flexibility index (Phi) is 6.73. The SMILES string of the molecule is COCc1ccc(C(=O)N2CC[NH+](CC(=O)Nc3cccc(F)c3)CC2)cc1. The second kappa shape index (κ2) is 9.43. The van der Waals surface area contributed by atoms with Crippen molar-refractivity contribution in [2.75, 3.05) is 45.2 Å². The minimum absolute atomic E-state index is 0.00669. The Bertz CT molecular complexity index is 818. The second-order valence-electron chi connectivity index (χ2n) is 6.91. The smallest absolute Gasteiger partial charge is 0.279 e. The normalized spacial score (nSPS) is 14.7. The van der Waals surface area contributed by atoms with Crippen LogP contribution in [0, 0.1) is 5.82 Å². The molecule has 148 valence electrons. The van der Waals surface area contributed by atoms with Crippen LogP contribution in [0.15, 0.2) is 48.5 Å². The van der Waals surface area contributed by atoms with Crippen molar-refractivity contribution in [2.45, 2.75) is 6.61 Å². The zero-order chi connectivity index (χ0) is 19.9. The number of anilines is 1. The van der Waals surface area contributed by atoms with Gasteiger partial charge in [-0.3, -0.25) is 9.59 Å². The molecule has 2 aromatic carbocycles. The van der Waals surface area contributed by atoms with Gasteiger partial charge in [0.25, 0.3) is 11.8 Å². The third-order valence-electron chi connectivity index (χ3n) is 4.79. The molecule has 0 bridgehead atoms. The number of carbonyl (C=O) groups excluding carboxylic acids is 2. The number of ether oxygens (including phenoxy) is 1. The molecule has 0 radical (unpaired) electrons. The van der Waals surface area contributed by atoms with Crippen LogP contribution in [-0.4, -0.2) is 56.5 Å². The third kappa shape index (κ3) is 5.37. The number of nitrogens with zero attached hydrogens (tertiary/aromatic N) is 1. The van der Waals surface area contributed by atoms with Crippen molar-refractivity contribution in [3.8, 4) is 0 Å². The predicted octanol–water partition coefficient (Wildman–Crippen LogP) is 0.952. The monoisotopic (exact) mass is 386 g/mol. The molecule has 0 saturated carbocycles. The first-order valence-electron chi connectivity index (χ1n) is 9.31. The molecule has 28 heavy (non-hydrogen) atoms. The van der Waals surface area contributed by atoms with E-state index < -0.39 is 0 Å². The van der Waals surface area contributed by atoms with Gasteiger partial charge in [-0.15, -0.1) is 0 Å². The Balaban J connectivity index is 1.47. The number of halogens is 1. The highest BCUT2D eigenvalue weighted by molar-refractivity contribution is 5.94. The summed E-state index contributed by atoms with van der Waals surface area (Å²) in [6.45, 7) is 3.41. The first-order chi connectivity index (χ1) is 13.5. The first kappa shape index (κ1) is 20.0. The van der Waals surface area contributed by atoms with E-state index in [0.29, 0.717) is 50.6 Å². The average Bonchev–Trinajstić information content (AvgIpc) is 2.69. The number of benzene rings is 2. The molecule has 0 atom stereocenters. The highest BCUT2D eigenvalue weighted by Gasteiger charge is 2.26. The summed E-state index contributed by atoms with van der Waals surface area (Å²) in [6.07, 6.45) is 0. The maximum absolute atomic E-state index is 13.2. The van der Waals surface area contributed by atoms with Crippen LogP contribution in [0.4, 0.5) is 10.1 Å². The quantitative estimate of drug-likeness (QED) is 0.777. The van der Waals surface area contributed by atoms with Crippen molar-refractivity contribution in [3.05, 3.63) is 65.5 Å². The summed E-state index contributed by atoms with van der Waals surface area (Å²) in [7, 11) is 1.64. The van der Waals surface area contributed by atoms with Gasteiger partial charge >= 0.3 is 0 Å². The van der Waals surface area contributed by atoms with Gasteiger partial charge in [-0.25, -0.2) is 4.39 Å². The predicted molar refractivity (Wildman–Crippen MR) is 104 cm³/mol. The highest BCUT2D eigenvalue weighted by Crippen LogP contribution is 2.10. The Hall–Kier alpha value is -2.77. The highest BCUT2D eigenvalue weighted by atomic mass is 19.1. The molecule has 0 spiro atoms. The van der Waals surface area contributed by atoms with Crippen LogP contribution in [0.1, 0.15) is 15.9 Å². The van der Waals surface area contributed by atoms with E-state index in [4.69, 9.17) is 4.74 Å². The van der Waals surface area contributed by atoms with Gasteiger partial charge in [-0.05, 0) is 35.9 Å². The largest absolute Gasteiger partial charge is 0.380 e. The molecule has 0 aliphatic carbocycles. The Morgan fingerprint density at radius 1 is 1.14 bits per heavy atom. The van der Waals surface area contributed by atoms with Crippen molar-refractivity contribution >= 4 is 17.5 Å². The van der Waals surface area contributed by atoms with E-state index >= 15 is 0 Å². The van der Waals surface area contributed by atoms with E-state index in [2.05, 4.69) is 5.32 Å². The minimum Gasteiger partial charge on any atom is -0.380 e. The summed E-state index contributed by atoms with van der Waals surface area (Å²) in [5.74, 6) is -0.533. The lowest BCUT2D eigenvalue weighted by atomic mass is 10.1. The van der Waals surface area contributed by atoms with Crippen LogP contribution in [0.2, 0.25) is 0 Å². The van der Waals surface area contributed by atoms with Gasteiger partial charge in [0.05, 0.1) is 32.8 Å². The molecule has 2 N–H and O–H groups in total. The first-order valence-corrected chi connectivity index (χ1v) is 9.31. The summed E-state index contributed by atoms with van der Waals surface area (Å²) in [6, 6.07) is 13.3. The zero-order valence-electron chi connectivity index (χ0n) is 15.9. The lowest BCUT2D eigenvalue weighted by Gasteiger charge is -2.32. The fourth-order valence-corrected chi connectivity index (χ4v) is 3.29. The number of nitrogens with one attached hydrogen (secondary N) is 2. The van der Waals surface area contributed by atoms with E-state index in [1.165, 1.54) is 12.1 Å². The third-order valence-corrected chi connectivity index (χ3v) is 4.79. The average molecular weight is 386 g/mol. The minimum atomic E-state index is -0.382. The Morgan fingerprint density at radius 3 is 2.50 bits per heavy atom. The summed E-state index contributed by atoms with van der Waals surface area (Å²) >= 11 is 0. The molecular weight excluding hydrogens is 361 g/mol. The summed E-state index contributed by atoms with van der Waals surface area (Å²) in [4.78, 5) is 27.7. The van der Waals surface area contributed by atoms with Gasteiger partial charge < -0.3 is 19.9 Å². The van der Waals surface area contributed by atoms with Crippen LogP contribution in [-0.2, 0) is 16.1 Å². The number of amides is 2. The lowest BCUT2D eigenvalue weighted by molar-refractivity contribution is -0.895. The molecule has 1 saturated heterocycles. The zero-order valence-corrected chi connectivity index (χ0v) is 15.9. The number of carbonyl (C=O) groups is 2. The van der Waals surface area contributed by atoms with E-state index in [1.807, 2.05) is 29.2 Å². The molecule has 2 amide bonds. The van der Waals surface area contributed by atoms with Crippen molar-refractivity contribution < 1.29 is 23.6 Å². The van der Waals surface area contributed by atoms with Gasteiger partial charge in [0.15, 0.2) is 6.54 Å². The molecule has 2 aromatic rings. The fraction of sp³-hybridized carbons (Fsp3) is 0.333. The number of quaternary nitrogens is 1. The molecule has 6 nitrogen and oxygen atoms in total. The lowest BCUT2D eigenvalue weighted by Crippen LogP contribution is -3.15. The van der Waals surface area contributed by atoms with Gasteiger partial charge in [0, 0.05) is 18.4 Å². The van der Waals surface area contributed by atoms with Crippen LogP contribution in [0.3, 0.4) is 0 Å². The van der Waals surface area contributed by atoms with Crippen LogP contribution in [0.5, 0.6) is 0 Å². The van der Waals surface area contributed by atoms with Crippen molar-refractivity contribution in [2.24, 2.45) is 0 Å². The molecule has 3 rings (SSSR count). The molecule has 7 heteroatoms. The topological polar surface area (TPSA) is 63.1 Å². The van der Waals surface area contributed by atoms with E-state index in [0.717, 1.165) is 10.5 Å². The van der Waals surface area contributed by atoms with E-state index in [-0.39, 0.29) is 17.6 Å². The van der Waals surface area contributed by atoms with Gasteiger partial charge in [-0.1, -0.05) is 18.2 Å². The van der Waals surface area contributed by atoms with Crippen molar-refractivity contribution in [1.29, 1.82) is 0 Å². The van der Waals surface area contributed by atoms with Gasteiger partial charge in [-0.2, -0.15) is 0 Å². The Labute approximate surface area is 163 Å². The molecule has 0 unspecified atom stereocenters. The number of piperazine rings is 1. The van der Waals surface area contributed by atoms with Crippen molar-refractivity contribution in [1.82, 2.24) is 4.90 Å². The maximum Gasteiger partial charge on any atom is 0.279 e. The van der Waals surface area contributed by atoms with E-state index in [9.17, 15) is 14.0 Å². The molecule has 1 aliphatic heterocycles. The molecule has 0 aromatic heterocycles. The van der Waals surface area contributed by atoms with Crippen LogP contribution < -0.4 is 10.2 Å². The summed E-state index contributed by atoms with van der Waals surface area (Å²) in [5, 5.41) is 2.71.